The third kappa shape index (κ3) is 3.96. The van der Waals surface area contributed by atoms with Crippen molar-refractivity contribution in [2.45, 2.75) is 18.0 Å². The fourth-order valence-corrected chi connectivity index (χ4v) is 3.53. The van der Waals surface area contributed by atoms with Gasteiger partial charge in [-0.25, -0.2) is 13.1 Å². The van der Waals surface area contributed by atoms with Gasteiger partial charge in [0.05, 0.1) is 5.02 Å². The predicted molar refractivity (Wildman–Crippen MR) is 84.8 cm³/mol. The Morgan fingerprint density at radius 3 is 2.43 bits per heavy atom. The molecule has 0 radical (unpaired) electrons. The van der Waals surface area contributed by atoms with Crippen molar-refractivity contribution in [2.75, 3.05) is 0 Å². The first-order chi connectivity index (χ1) is 9.94. The summed E-state index contributed by atoms with van der Waals surface area (Å²) >= 11 is 12.0. The van der Waals surface area contributed by atoms with Gasteiger partial charge in [-0.1, -0.05) is 47.5 Å². The Morgan fingerprint density at radius 1 is 1.05 bits per heavy atom. The van der Waals surface area contributed by atoms with E-state index < -0.39 is 10.0 Å². The fraction of sp³-hybridized carbons (Fsp3) is 0.143. The monoisotopic (exact) mass is 344 g/mol. The molecular formula is C14H14Cl2N2O2S. The van der Waals surface area contributed by atoms with E-state index in [1.165, 1.54) is 12.1 Å². The molecule has 0 bridgehead atoms. The minimum absolute atomic E-state index is 0.0131. The van der Waals surface area contributed by atoms with Crippen LogP contribution in [0.1, 0.15) is 11.1 Å². The summed E-state index contributed by atoms with van der Waals surface area (Å²) in [5.41, 5.74) is 6.90. The van der Waals surface area contributed by atoms with Crippen LogP contribution in [0.15, 0.2) is 47.4 Å². The Bertz CT molecular complexity index is 748. The zero-order valence-corrected chi connectivity index (χ0v) is 13.3. The molecule has 0 aromatic heterocycles. The van der Waals surface area contributed by atoms with E-state index in [1.807, 2.05) is 0 Å². The quantitative estimate of drug-likeness (QED) is 0.875. The lowest BCUT2D eigenvalue weighted by molar-refractivity contribution is 0.581. The molecule has 7 heteroatoms. The van der Waals surface area contributed by atoms with Gasteiger partial charge in [0, 0.05) is 18.1 Å². The largest absolute Gasteiger partial charge is 0.326 e. The lowest BCUT2D eigenvalue weighted by Crippen LogP contribution is -2.24. The summed E-state index contributed by atoms with van der Waals surface area (Å²) in [5, 5.41) is 0.654. The van der Waals surface area contributed by atoms with E-state index in [1.54, 1.807) is 30.3 Å². The average Bonchev–Trinajstić information content (AvgIpc) is 2.47. The first kappa shape index (κ1) is 16.3. The molecule has 0 aliphatic carbocycles. The third-order valence-electron chi connectivity index (χ3n) is 2.93. The van der Waals surface area contributed by atoms with Gasteiger partial charge in [0.2, 0.25) is 10.0 Å². The summed E-state index contributed by atoms with van der Waals surface area (Å²) in [5.74, 6) is 0. The van der Waals surface area contributed by atoms with Crippen molar-refractivity contribution in [1.82, 2.24) is 4.72 Å². The highest BCUT2D eigenvalue weighted by Gasteiger charge is 2.18. The SMILES string of the molecule is NCc1ccc(Cl)c(S(=O)(=O)NCc2ccccc2Cl)c1. The zero-order valence-electron chi connectivity index (χ0n) is 11.0. The summed E-state index contributed by atoms with van der Waals surface area (Å²) in [6, 6.07) is 11.7. The number of nitrogens with two attached hydrogens (primary N) is 1. The second-order valence-electron chi connectivity index (χ2n) is 4.38. The molecule has 0 aliphatic heterocycles. The molecular weight excluding hydrogens is 331 g/mol. The summed E-state index contributed by atoms with van der Waals surface area (Å²) in [6.07, 6.45) is 0. The number of nitrogens with one attached hydrogen (secondary N) is 1. The second-order valence-corrected chi connectivity index (χ2v) is 6.93. The van der Waals surface area contributed by atoms with Gasteiger partial charge in [0.25, 0.3) is 0 Å². The predicted octanol–water partition coefficient (Wildman–Crippen LogP) is 2.93. The molecule has 0 saturated heterocycles. The van der Waals surface area contributed by atoms with E-state index in [-0.39, 0.29) is 23.0 Å². The topological polar surface area (TPSA) is 72.2 Å². The molecule has 2 rings (SSSR count). The normalized spacial score (nSPS) is 11.6. The summed E-state index contributed by atoms with van der Waals surface area (Å²) in [4.78, 5) is 0.0131. The molecule has 0 unspecified atom stereocenters. The lowest BCUT2D eigenvalue weighted by Gasteiger charge is -2.10. The van der Waals surface area contributed by atoms with Gasteiger partial charge in [-0.2, -0.15) is 0 Å². The Morgan fingerprint density at radius 2 is 1.76 bits per heavy atom. The van der Waals surface area contributed by atoms with E-state index in [4.69, 9.17) is 28.9 Å². The molecule has 0 aliphatic rings. The van der Waals surface area contributed by atoms with Crippen LogP contribution in [0.4, 0.5) is 0 Å². The van der Waals surface area contributed by atoms with Crippen molar-refractivity contribution < 1.29 is 8.42 Å². The standard InChI is InChI=1S/C14H14Cl2N2O2S/c15-12-4-2-1-3-11(12)9-18-21(19,20)14-7-10(8-17)5-6-13(14)16/h1-7,18H,8-9,17H2. The van der Waals surface area contributed by atoms with E-state index in [0.29, 0.717) is 16.1 Å². The maximum absolute atomic E-state index is 12.3. The van der Waals surface area contributed by atoms with Crippen molar-refractivity contribution >= 4 is 33.2 Å². The van der Waals surface area contributed by atoms with Gasteiger partial charge < -0.3 is 5.73 Å². The van der Waals surface area contributed by atoms with Gasteiger partial charge in [-0.15, -0.1) is 0 Å². The number of halogens is 2. The number of hydrogen-bond donors (Lipinski definition) is 2. The highest BCUT2D eigenvalue weighted by molar-refractivity contribution is 7.89. The molecule has 0 fully saturated rings. The van der Waals surface area contributed by atoms with Crippen LogP contribution in [0.5, 0.6) is 0 Å². The van der Waals surface area contributed by atoms with Crippen LogP contribution in [0.3, 0.4) is 0 Å². The molecule has 2 aromatic rings. The van der Waals surface area contributed by atoms with Gasteiger partial charge in [0.1, 0.15) is 4.90 Å². The third-order valence-corrected chi connectivity index (χ3v) is 5.18. The van der Waals surface area contributed by atoms with Crippen LogP contribution in [-0.4, -0.2) is 8.42 Å². The van der Waals surface area contributed by atoms with Crippen molar-refractivity contribution in [2.24, 2.45) is 5.73 Å². The van der Waals surface area contributed by atoms with Gasteiger partial charge in [-0.3, -0.25) is 0 Å². The lowest BCUT2D eigenvalue weighted by atomic mass is 10.2. The van der Waals surface area contributed by atoms with Crippen molar-refractivity contribution in [3.63, 3.8) is 0 Å². The highest BCUT2D eigenvalue weighted by atomic mass is 35.5. The van der Waals surface area contributed by atoms with Crippen molar-refractivity contribution in [3.05, 3.63) is 63.6 Å². The summed E-state index contributed by atoms with van der Waals surface area (Å²) < 4.78 is 27.1. The molecule has 2 aromatic carbocycles. The fourth-order valence-electron chi connectivity index (χ4n) is 1.77. The first-order valence-corrected chi connectivity index (χ1v) is 8.39. The highest BCUT2D eigenvalue weighted by Crippen LogP contribution is 2.23. The number of hydrogen-bond acceptors (Lipinski definition) is 3. The Hall–Kier alpha value is -1.11. The maximum atomic E-state index is 12.3. The Balaban J connectivity index is 2.25. The van der Waals surface area contributed by atoms with Crippen LogP contribution in [0.25, 0.3) is 0 Å². The molecule has 21 heavy (non-hydrogen) atoms. The molecule has 3 N–H and O–H groups in total. The number of benzene rings is 2. The number of rotatable bonds is 5. The van der Waals surface area contributed by atoms with E-state index >= 15 is 0 Å². The Labute approximate surface area is 133 Å². The van der Waals surface area contributed by atoms with Crippen LogP contribution >= 0.6 is 23.2 Å². The summed E-state index contributed by atoms with van der Waals surface area (Å²) in [7, 11) is -3.73. The molecule has 112 valence electrons. The van der Waals surface area contributed by atoms with Crippen LogP contribution in [0, 0.1) is 0 Å². The van der Waals surface area contributed by atoms with E-state index in [9.17, 15) is 8.42 Å². The minimum Gasteiger partial charge on any atom is -0.326 e. The smallest absolute Gasteiger partial charge is 0.242 e. The Kier molecular flexibility index (Phi) is 5.24. The van der Waals surface area contributed by atoms with Crippen molar-refractivity contribution in [1.29, 1.82) is 0 Å². The van der Waals surface area contributed by atoms with Gasteiger partial charge in [-0.05, 0) is 29.3 Å². The van der Waals surface area contributed by atoms with Crippen molar-refractivity contribution in [3.8, 4) is 0 Å². The molecule has 0 amide bonds. The van der Waals surface area contributed by atoms with E-state index in [2.05, 4.69) is 4.72 Å². The second kappa shape index (κ2) is 6.77. The molecule has 0 saturated carbocycles. The van der Waals surface area contributed by atoms with Gasteiger partial charge in [0.15, 0.2) is 0 Å². The van der Waals surface area contributed by atoms with Gasteiger partial charge >= 0.3 is 0 Å². The number of sulfonamides is 1. The van der Waals surface area contributed by atoms with Crippen LogP contribution in [-0.2, 0) is 23.1 Å². The van der Waals surface area contributed by atoms with Crippen LogP contribution < -0.4 is 10.5 Å². The average molecular weight is 345 g/mol. The van der Waals surface area contributed by atoms with E-state index in [0.717, 1.165) is 0 Å². The molecule has 0 atom stereocenters. The molecule has 4 nitrogen and oxygen atoms in total. The molecule has 0 spiro atoms. The molecule has 0 heterocycles. The maximum Gasteiger partial charge on any atom is 0.242 e. The first-order valence-electron chi connectivity index (χ1n) is 6.15. The van der Waals surface area contributed by atoms with Crippen LogP contribution in [0.2, 0.25) is 10.0 Å². The zero-order chi connectivity index (χ0) is 15.5. The minimum atomic E-state index is -3.73. The summed E-state index contributed by atoms with van der Waals surface area (Å²) in [6.45, 7) is 0.329.